The molecule has 0 radical (unpaired) electrons. The Balaban J connectivity index is 0.972. The Kier molecular flexibility index (Phi) is 8.49. The summed E-state index contributed by atoms with van der Waals surface area (Å²) in [5.74, 6) is 0.713. The number of nitrogens with zero attached hydrogens (tertiary/aromatic N) is 3. The lowest BCUT2D eigenvalue weighted by atomic mass is 9.92. The van der Waals surface area contributed by atoms with Crippen molar-refractivity contribution in [2.75, 3.05) is 0 Å². The van der Waals surface area contributed by atoms with E-state index in [1.54, 1.807) is 0 Å². The molecule has 0 aliphatic rings. The van der Waals surface area contributed by atoms with E-state index in [0.29, 0.717) is 5.82 Å². The van der Waals surface area contributed by atoms with Gasteiger partial charge < -0.3 is 4.57 Å². The van der Waals surface area contributed by atoms with Gasteiger partial charge in [-0.05, 0) is 74.5 Å². The molecule has 59 heavy (non-hydrogen) atoms. The molecule has 0 aliphatic heterocycles. The Morgan fingerprint density at radius 3 is 1.46 bits per heavy atom. The van der Waals surface area contributed by atoms with E-state index < -0.39 is 0 Å². The second-order valence-electron chi connectivity index (χ2n) is 15.0. The van der Waals surface area contributed by atoms with E-state index >= 15 is 0 Å². The third-order valence-electron chi connectivity index (χ3n) is 11.5. The molecule has 0 saturated carbocycles. The molecule has 0 saturated heterocycles. The first kappa shape index (κ1) is 34.4. The number of benzene rings is 9. The summed E-state index contributed by atoms with van der Waals surface area (Å²) in [5.41, 5.74) is 15.6. The van der Waals surface area contributed by atoms with Gasteiger partial charge in [0.25, 0.3) is 0 Å². The Bertz CT molecular complexity index is 3220. The van der Waals surface area contributed by atoms with Crippen LogP contribution >= 0.6 is 0 Å². The minimum absolute atomic E-state index is 0.713. The standard InChI is InChI=1S/C56H37N3/c1-4-14-38(15-5-1)39-28-31-45(32-29-39)59-54-23-13-12-22-50(54)51-33-30-44(36-55(51)59)40-24-26-41(27-25-40)46-34-35-49(48-21-11-10-20-47(46)48)53-37-52(42-16-6-2-7-17-42)57-56(58-53)43-18-8-3-9-19-43/h1-37H. The van der Waals surface area contributed by atoms with Crippen LogP contribution in [0.25, 0.3) is 106 Å². The molecule has 276 valence electrons. The quantitative estimate of drug-likeness (QED) is 0.162. The fourth-order valence-corrected chi connectivity index (χ4v) is 8.54. The Morgan fingerprint density at radius 1 is 0.271 bits per heavy atom. The van der Waals surface area contributed by atoms with E-state index in [9.17, 15) is 0 Å². The van der Waals surface area contributed by atoms with Gasteiger partial charge >= 0.3 is 0 Å². The van der Waals surface area contributed by atoms with Crippen molar-refractivity contribution in [1.82, 2.24) is 14.5 Å². The molecule has 0 fully saturated rings. The molecule has 2 heterocycles. The largest absolute Gasteiger partial charge is 0.309 e. The summed E-state index contributed by atoms with van der Waals surface area (Å²) in [5, 5.41) is 4.83. The highest BCUT2D eigenvalue weighted by Crippen LogP contribution is 2.39. The summed E-state index contributed by atoms with van der Waals surface area (Å²) in [6, 6.07) is 79.9. The van der Waals surface area contributed by atoms with Crippen molar-refractivity contribution in [2.45, 2.75) is 0 Å². The average Bonchev–Trinajstić information content (AvgIpc) is 3.65. The van der Waals surface area contributed by atoms with Crippen LogP contribution in [0.4, 0.5) is 0 Å². The highest BCUT2D eigenvalue weighted by Gasteiger charge is 2.16. The lowest BCUT2D eigenvalue weighted by molar-refractivity contribution is 1.18. The van der Waals surface area contributed by atoms with Gasteiger partial charge in [0.15, 0.2) is 5.82 Å². The minimum atomic E-state index is 0.713. The Labute approximate surface area is 343 Å². The number of fused-ring (bicyclic) bond motifs is 4. The van der Waals surface area contributed by atoms with E-state index in [2.05, 4.69) is 205 Å². The first-order valence-corrected chi connectivity index (χ1v) is 20.1. The molecule has 2 aromatic heterocycles. The predicted molar refractivity (Wildman–Crippen MR) is 246 cm³/mol. The van der Waals surface area contributed by atoms with E-state index in [1.165, 1.54) is 60.6 Å². The van der Waals surface area contributed by atoms with Crippen LogP contribution in [0.3, 0.4) is 0 Å². The van der Waals surface area contributed by atoms with Crippen LogP contribution in [0, 0.1) is 0 Å². The number of para-hydroxylation sites is 1. The molecule has 9 aromatic carbocycles. The van der Waals surface area contributed by atoms with Crippen LogP contribution in [0.1, 0.15) is 0 Å². The third kappa shape index (κ3) is 6.26. The lowest BCUT2D eigenvalue weighted by Gasteiger charge is -2.14. The maximum Gasteiger partial charge on any atom is 0.160 e. The van der Waals surface area contributed by atoms with Crippen molar-refractivity contribution < 1.29 is 0 Å². The van der Waals surface area contributed by atoms with Crippen LogP contribution in [-0.2, 0) is 0 Å². The maximum absolute atomic E-state index is 5.16. The predicted octanol–water partition coefficient (Wildman–Crippen LogP) is 14.7. The zero-order valence-corrected chi connectivity index (χ0v) is 32.2. The fraction of sp³-hybridized carbons (Fsp3) is 0. The second-order valence-corrected chi connectivity index (χ2v) is 15.0. The SMILES string of the molecule is c1ccc(-c2ccc(-n3c4ccccc4c4ccc(-c5ccc(-c6ccc(-c7cc(-c8ccccc8)nc(-c8ccccc8)n7)c7ccccc67)cc5)cc43)cc2)cc1. The van der Waals surface area contributed by atoms with Crippen LogP contribution in [0.15, 0.2) is 224 Å². The van der Waals surface area contributed by atoms with Gasteiger partial charge in [-0.1, -0.05) is 194 Å². The zero-order valence-electron chi connectivity index (χ0n) is 32.2. The zero-order chi connectivity index (χ0) is 39.1. The van der Waals surface area contributed by atoms with Crippen LogP contribution in [0.2, 0.25) is 0 Å². The van der Waals surface area contributed by atoms with Crippen molar-refractivity contribution in [1.29, 1.82) is 0 Å². The summed E-state index contributed by atoms with van der Waals surface area (Å²) in [6.45, 7) is 0. The van der Waals surface area contributed by atoms with E-state index in [0.717, 1.165) is 39.2 Å². The molecule has 3 nitrogen and oxygen atoms in total. The highest BCUT2D eigenvalue weighted by molar-refractivity contribution is 6.10. The molecule has 0 amide bonds. The second kappa shape index (κ2) is 14.6. The van der Waals surface area contributed by atoms with E-state index in [4.69, 9.17) is 9.97 Å². The summed E-state index contributed by atoms with van der Waals surface area (Å²) in [7, 11) is 0. The molecule has 0 N–H and O–H groups in total. The van der Waals surface area contributed by atoms with Gasteiger partial charge in [-0.2, -0.15) is 0 Å². The third-order valence-corrected chi connectivity index (χ3v) is 11.5. The summed E-state index contributed by atoms with van der Waals surface area (Å²) in [6.07, 6.45) is 0. The summed E-state index contributed by atoms with van der Waals surface area (Å²) in [4.78, 5) is 10.2. The van der Waals surface area contributed by atoms with Crippen molar-refractivity contribution in [3.05, 3.63) is 224 Å². The van der Waals surface area contributed by atoms with E-state index in [-0.39, 0.29) is 0 Å². The molecule has 0 atom stereocenters. The van der Waals surface area contributed by atoms with Gasteiger partial charge in [-0.15, -0.1) is 0 Å². The van der Waals surface area contributed by atoms with E-state index in [1.807, 2.05) is 24.3 Å². The van der Waals surface area contributed by atoms with Gasteiger partial charge in [-0.3, -0.25) is 0 Å². The fourth-order valence-electron chi connectivity index (χ4n) is 8.54. The monoisotopic (exact) mass is 751 g/mol. The van der Waals surface area contributed by atoms with Gasteiger partial charge in [0, 0.05) is 33.2 Å². The first-order valence-electron chi connectivity index (χ1n) is 20.1. The topological polar surface area (TPSA) is 30.7 Å². The highest BCUT2D eigenvalue weighted by atomic mass is 15.0. The van der Waals surface area contributed by atoms with Gasteiger partial charge in [-0.25, -0.2) is 9.97 Å². The smallest absolute Gasteiger partial charge is 0.160 e. The molecule has 3 heteroatoms. The normalized spacial score (nSPS) is 11.4. The molecule has 11 rings (SSSR count). The number of hydrogen-bond donors (Lipinski definition) is 0. The van der Waals surface area contributed by atoms with Crippen molar-refractivity contribution in [3.63, 3.8) is 0 Å². The van der Waals surface area contributed by atoms with Crippen LogP contribution < -0.4 is 0 Å². The number of aromatic nitrogens is 3. The average molecular weight is 752 g/mol. The van der Waals surface area contributed by atoms with Gasteiger partial charge in [0.05, 0.1) is 22.4 Å². The number of rotatable bonds is 7. The summed E-state index contributed by atoms with van der Waals surface area (Å²) < 4.78 is 2.40. The van der Waals surface area contributed by atoms with Crippen molar-refractivity contribution >= 4 is 32.6 Å². The molecular formula is C56H37N3. The maximum atomic E-state index is 5.16. The molecule has 0 spiro atoms. The molecule has 0 unspecified atom stereocenters. The van der Waals surface area contributed by atoms with Crippen LogP contribution in [0.5, 0.6) is 0 Å². The van der Waals surface area contributed by atoms with Crippen molar-refractivity contribution in [2.24, 2.45) is 0 Å². The number of hydrogen-bond acceptors (Lipinski definition) is 2. The molecule has 0 bridgehead atoms. The summed E-state index contributed by atoms with van der Waals surface area (Å²) >= 11 is 0. The Hall–Kier alpha value is -7.88. The Morgan fingerprint density at radius 2 is 0.746 bits per heavy atom. The first-order chi connectivity index (χ1) is 29.2. The minimum Gasteiger partial charge on any atom is -0.309 e. The lowest BCUT2D eigenvalue weighted by Crippen LogP contribution is -1.96. The molecule has 0 aliphatic carbocycles. The van der Waals surface area contributed by atoms with Gasteiger partial charge in [0.1, 0.15) is 0 Å². The van der Waals surface area contributed by atoms with Crippen LogP contribution in [-0.4, -0.2) is 14.5 Å². The van der Waals surface area contributed by atoms with Crippen molar-refractivity contribution in [3.8, 4) is 73.0 Å². The van der Waals surface area contributed by atoms with Gasteiger partial charge in [0.2, 0.25) is 0 Å². The molecular weight excluding hydrogens is 715 g/mol. The molecule has 11 aromatic rings.